The summed E-state index contributed by atoms with van der Waals surface area (Å²) in [5.41, 5.74) is 5.67. The van der Waals surface area contributed by atoms with Crippen LogP contribution in [-0.4, -0.2) is 68.3 Å². The van der Waals surface area contributed by atoms with E-state index in [9.17, 15) is 24.3 Å². The van der Waals surface area contributed by atoms with Crippen molar-refractivity contribution in [3.05, 3.63) is 154 Å². The third kappa shape index (κ3) is 6.85. The molecule has 10 nitrogen and oxygen atoms in total. The summed E-state index contributed by atoms with van der Waals surface area (Å²) in [5, 5.41) is 12.3. The van der Waals surface area contributed by atoms with Crippen LogP contribution in [0.4, 0.5) is 5.69 Å². The van der Waals surface area contributed by atoms with Gasteiger partial charge in [-0.2, -0.15) is 0 Å². The number of hydrogen-bond acceptors (Lipinski definition) is 5. The second-order valence-corrected chi connectivity index (χ2v) is 12.4. The van der Waals surface area contributed by atoms with E-state index in [1.807, 2.05) is 84.3 Å². The second-order valence-electron chi connectivity index (χ2n) is 12.4. The summed E-state index contributed by atoms with van der Waals surface area (Å²) in [6.07, 6.45) is 2.06. The van der Waals surface area contributed by atoms with Gasteiger partial charge >= 0.3 is 5.97 Å². The highest BCUT2D eigenvalue weighted by Gasteiger charge is 2.40. The molecule has 1 aromatic heterocycles. The quantitative estimate of drug-likeness (QED) is 0.220. The SMILES string of the molecule is Cc1cc(Cn2cnc3c2C[C@@H](C(=O)N(C)C)N(C(=O)C(c2ccccc2)c2ccccc2)C3)ccc1NC(=O)c1ccccc1C(=O)O. The number of hydrogen-bond donors (Lipinski definition) is 2. The molecule has 2 heterocycles. The zero-order valence-corrected chi connectivity index (χ0v) is 27.5. The Morgan fingerprint density at radius 1 is 0.878 bits per heavy atom. The molecule has 0 unspecified atom stereocenters. The predicted octanol–water partition coefficient (Wildman–Crippen LogP) is 5.36. The first-order valence-corrected chi connectivity index (χ1v) is 16.0. The lowest BCUT2D eigenvalue weighted by Gasteiger charge is -2.38. The summed E-state index contributed by atoms with van der Waals surface area (Å²) in [4.78, 5) is 60.6. The van der Waals surface area contributed by atoms with Gasteiger partial charge in [-0.3, -0.25) is 14.4 Å². The van der Waals surface area contributed by atoms with Crippen molar-refractivity contribution < 1.29 is 24.3 Å². The number of likely N-dealkylation sites (N-methyl/N-ethyl adjacent to an activating group) is 1. The average molecular weight is 656 g/mol. The van der Waals surface area contributed by atoms with Crippen molar-refractivity contribution in [1.82, 2.24) is 19.4 Å². The molecule has 1 atom stereocenters. The zero-order chi connectivity index (χ0) is 34.7. The summed E-state index contributed by atoms with van der Waals surface area (Å²) in [6.45, 7) is 2.53. The van der Waals surface area contributed by atoms with Crippen molar-refractivity contribution in [1.29, 1.82) is 0 Å². The van der Waals surface area contributed by atoms with Crippen molar-refractivity contribution in [2.75, 3.05) is 19.4 Å². The Morgan fingerprint density at radius 2 is 1.49 bits per heavy atom. The minimum absolute atomic E-state index is 0.0684. The summed E-state index contributed by atoms with van der Waals surface area (Å²) < 4.78 is 2.01. The lowest BCUT2D eigenvalue weighted by molar-refractivity contribution is -0.146. The van der Waals surface area contributed by atoms with Crippen molar-refractivity contribution >= 4 is 29.4 Å². The summed E-state index contributed by atoms with van der Waals surface area (Å²) in [7, 11) is 3.40. The molecule has 0 spiro atoms. The van der Waals surface area contributed by atoms with Gasteiger partial charge in [0.05, 0.1) is 35.6 Å². The van der Waals surface area contributed by atoms with Crippen LogP contribution in [0, 0.1) is 6.92 Å². The minimum Gasteiger partial charge on any atom is -0.478 e. The predicted molar refractivity (Wildman–Crippen MR) is 185 cm³/mol. The molecule has 5 aromatic rings. The number of carboxylic acids is 1. The van der Waals surface area contributed by atoms with Crippen molar-refractivity contribution in [2.24, 2.45) is 0 Å². The fraction of sp³-hybridized carbons (Fsp3) is 0.205. The van der Waals surface area contributed by atoms with Crippen LogP contribution in [0.3, 0.4) is 0 Å². The van der Waals surface area contributed by atoms with E-state index in [1.54, 1.807) is 43.5 Å². The number of aromatic carboxylic acids is 1. The van der Waals surface area contributed by atoms with E-state index in [1.165, 1.54) is 17.0 Å². The Kier molecular flexibility index (Phi) is 9.39. The molecule has 6 rings (SSSR count). The van der Waals surface area contributed by atoms with Gasteiger partial charge in [-0.25, -0.2) is 9.78 Å². The Morgan fingerprint density at radius 3 is 2.08 bits per heavy atom. The van der Waals surface area contributed by atoms with Crippen molar-refractivity contribution in [2.45, 2.75) is 38.4 Å². The summed E-state index contributed by atoms with van der Waals surface area (Å²) >= 11 is 0. The van der Waals surface area contributed by atoms with E-state index >= 15 is 0 Å². The number of amides is 3. The molecule has 1 aliphatic heterocycles. The number of aromatic nitrogens is 2. The van der Waals surface area contributed by atoms with Gasteiger partial charge in [0, 0.05) is 38.4 Å². The van der Waals surface area contributed by atoms with Gasteiger partial charge in [-0.1, -0.05) is 84.9 Å². The third-order valence-corrected chi connectivity index (χ3v) is 8.93. The maximum atomic E-state index is 14.5. The number of benzene rings is 4. The molecule has 49 heavy (non-hydrogen) atoms. The molecule has 4 aromatic carbocycles. The highest BCUT2D eigenvalue weighted by molar-refractivity contribution is 6.10. The number of anilines is 1. The number of carbonyl (C=O) groups excluding carboxylic acids is 3. The van der Waals surface area contributed by atoms with Crippen LogP contribution in [0.5, 0.6) is 0 Å². The second kappa shape index (κ2) is 14.0. The number of nitrogens with one attached hydrogen (secondary N) is 1. The molecule has 0 saturated carbocycles. The van der Waals surface area contributed by atoms with Gasteiger partial charge < -0.3 is 24.8 Å². The van der Waals surface area contributed by atoms with Crippen molar-refractivity contribution in [3.8, 4) is 0 Å². The first kappa shape index (κ1) is 32.9. The Balaban J connectivity index is 1.26. The molecular formula is C39H37N5O5. The number of nitrogens with zero attached hydrogens (tertiary/aromatic N) is 4. The summed E-state index contributed by atoms with van der Waals surface area (Å²) in [6, 6.07) is 30.3. The van der Waals surface area contributed by atoms with Gasteiger partial charge in [0.15, 0.2) is 0 Å². The van der Waals surface area contributed by atoms with Crippen molar-refractivity contribution in [3.63, 3.8) is 0 Å². The molecule has 0 fully saturated rings. The van der Waals surface area contributed by atoms with Crippen LogP contribution in [0.2, 0.25) is 0 Å². The molecule has 2 N–H and O–H groups in total. The van der Waals surface area contributed by atoms with Gasteiger partial charge in [0.1, 0.15) is 6.04 Å². The molecule has 1 aliphatic rings. The van der Waals surface area contributed by atoms with Gasteiger partial charge in [-0.05, 0) is 47.4 Å². The fourth-order valence-electron chi connectivity index (χ4n) is 6.42. The average Bonchev–Trinajstić information content (AvgIpc) is 3.50. The third-order valence-electron chi connectivity index (χ3n) is 8.93. The smallest absolute Gasteiger partial charge is 0.336 e. The topological polar surface area (TPSA) is 125 Å². The molecular weight excluding hydrogens is 618 g/mol. The van der Waals surface area contributed by atoms with E-state index in [-0.39, 0.29) is 29.5 Å². The number of aryl methyl sites for hydroxylation is 1. The number of fused-ring (bicyclic) bond motifs is 1. The van der Waals surface area contributed by atoms with Crippen LogP contribution in [0.25, 0.3) is 0 Å². The van der Waals surface area contributed by atoms with Crippen LogP contribution in [0.15, 0.2) is 109 Å². The van der Waals surface area contributed by atoms with Crippen LogP contribution < -0.4 is 5.32 Å². The van der Waals surface area contributed by atoms with Gasteiger partial charge in [0.2, 0.25) is 11.8 Å². The van der Waals surface area contributed by atoms with E-state index in [0.717, 1.165) is 33.6 Å². The number of rotatable bonds is 9. The molecule has 248 valence electrons. The van der Waals surface area contributed by atoms with Crippen LogP contribution in [-0.2, 0) is 29.1 Å². The van der Waals surface area contributed by atoms with Crippen LogP contribution in [0.1, 0.15) is 60.3 Å². The summed E-state index contributed by atoms with van der Waals surface area (Å²) in [5.74, 6) is -2.57. The van der Waals surface area contributed by atoms with Gasteiger partial charge in [0.25, 0.3) is 5.91 Å². The highest BCUT2D eigenvalue weighted by atomic mass is 16.4. The monoisotopic (exact) mass is 655 g/mol. The first-order valence-electron chi connectivity index (χ1n) is 16.0. The number of carboxylic acid groups (broad SMARTS) is 1. The van der Waals surface area contributed by atoms with Gasteiger partial charge in [-0.15, -0.1) is 0 Å². The Labute approximate surface area is 284 Å². The van der Waals surface area contributed by atoms with E-state index < -0.39 is 23.8 Å². The maximum Gasteiger partial charge on any atom is 0.336 e. The van der Waals surface area contributed by atoms with E-state index in [2.05, 4.69) is 5.32 Å². The lowest BCUT2D eigenvalue weighted by atomic mass is 9.88. The molecule has 0 radical (unpaired) electrons. The molecule has 0 saturated heterocycles. The number of carbonyl (C=O) groups is 4. The fourth-order valence-corrected chi connectivity index (χ4v) is 6.42. The molecule has 10 heteroatoms. The first-order chi connectivity index (χ1) is 23.6. The lowest BCUT2D eigenvalue weighted by Crippen LogP contribution is -2.53. The largest absolute Gasteiger partial charge is 0.478 e. The normalized spacial score (nSPS) is 13.9. The molecule has 0 bridgehead atoms. The molecule has 0 aliphatic carbocycles. The zero-order valence-electron chi connectivity index (χ0n) is 27.5. The minimum atomic E-state index is -1.17. The Bertz CT molecular complexity index is 1980. The number of imidazole rings is 1. The standard InChI is InChI=1S/C39H37N5O5/c1-25-20-26(18-19-31(25)41-36(45)29-16-10-11-17-30(29)39(48)49)22-43-24-40-32-23-44(34(21-33(32)43)37(46)42(2)3)38(47)35(27-12-6-4-7-13-27)28-14-8-5-9-15-28/h4-20,24,34-35H,21-23H2,1-3H3,(H,41,45)(H,48,49)/t34-/m0/s1. The Hall–Kier alpha value is -6.03. The van der Waals surface area contributed by atoms with E-state index in [0.29, 0.717) is 18.7 Å². The van der Waals surface area contributed by atoms with Crippen LogP contribution >= 0.6 is 0 Å². The highest BCUT2D eigenvalue weighted by Crippen LogP contribution is 2.32. The maximum absolute atomic E-state index is 14.5. The molecule has 3 amide bonds. The van der Waals surface area contributed by atoms with E-state index in [4.69, 9.17) is 4.98 Å².